The summed E-state index contributed by atoms with van der Waals surface area (Å²) in [5.41, 5.74) is 5.33. The topological polar surface area (TPSA) is 26.5 Å². The van der Waals surface area contributed by atoms with Crippen molar-refractivity contribution in [2.75, 3.05) is 7.11 Å². The van der Waals surface area contributed by atoms with Gasteiger partial charge in [0.05, 0.1) is 12.8 Å². The lowest BCUT2D eigenvalue weighted by atomic mass is 10.1. The molecule has 0 aliphatic heterocycles. The molecule has 96 valence electrons. The minimum atomic E-state index is 0.853. The highest BCUT2D eigenvalue weighted by Crippen LogP contribution is 2.30. The van der Waals surface area contributed by atoms with Crippen LogP contribution in [0.3, 0.4) is 0 Å². The zero-order valence-corrected chi connectivity index (χ0v) is 11.3. The van der Waals surface area contributed by atoms with Gasteiger partial charge in [0.15, 0.2) is 0 Å². The molecule has 0 atom stereocenters. The predicted octanol–water partition coefficient (Wildman–Crippen LogP) is 3.63. The molecule has 0 unspecified atom stereocenters. The Morgan fingerprint density at radius 1 is 1.00 bits per heavy atom. The fourth-order valence-corrected chi connectivity index (χ4v) is 2.25. The molecular formula is C16H16N2O. The fraction of sp³-hybridized carbons (Fsp3) is 0.188. The molecule has 0 aliphatic rings. The number of hydrogen-bond acceptors (Lipinski definition) is 2. The monoisotopic (exact) mass is 252 g/mol. The smallest absolute Gasteiger partial charge is 0.137 e. The average molecular weight is 252 g/mol. The largest absolute Gasteiger partial charge is 0.496 e. The normalized spacial score (nSPS) is 10.9. The highest BCUT2D eigenvalue weighted by atomic mass is 16.5. The van der Waals surface area contributed by atoms with Gasteiger partial charge in [0.2, 0.25) is 0 Å². The van der Waals surface area contributed by atoms with Crippen LogP contribution in [0.25, 0.3) is 16.9 Å². The Morgan fingerprint density at radius 3 is 2.58 bits per heavy atom. The zero-order chi connectivity index (χ0) is 13.4. The lowest BCUT2D eigenvalue weighted by molar-refractivity contribution is 0.416. The first-order chi connectivity index (χ1) is 9.17. The minimum absolute atomic E-state index is 0.853. The molecule has 1 aromatic carbocycles. The van der Waals surface area contributed by atoms with Gasteiger partial charge < -0.3 is 9.14 Å². The van der Waals surface area contributed by atoms with Crippen LogP contribution in [0, 0.1) is 13.8 Å². The Morgan fingerprint density at radius 2 is 1.79 bits per heavy atom. The molecule has 3 aromatic rings. The minimum Gasteiger partial charge on any atom is -0.496 e. The second-order valence-corrected chi connectivity index (χ2v) is 4.80. The van der Waals surface area contributed by atoms with E-state index in [0.29, 0.717) is 0 Å². The van der Waals surface area contributed by atoms with Crippen LogP contribution in [-0.4, -0.2) is 16.5 Å². The molecule has 0 aliphatic carbocycles. The lowest BCUT2D eigenvalue weighted by Crippen LogP contribution is -1.88. The molecule has 0 amide bonds. The first kappa shape index (κ1) is 11.8. The van der Waals surface area contributed by atoms with Crippen LogP contribution < -0.4 is 4.74 Å². The van der Waals surface area contributed by atoms with Crippen LogP contribution in [0.4, 0.5) is 0 Å². The summed E-state index contributed by atoms with van der Waals surface area (Å²) in [6.45, 7) is 4.15. The van der Waals surface area contributed by atoms with Crippen LogP contribution in [0.2, 0.25) is 0 Å². The quantitative estimate of drug-likeness (QED) is 0.696. The van der Waals surface area contributed by atoms with Crippen molar-refractivity contribution < 1.29 is 4.74 Å². The number of methoxy groups -OCH3 is 1. The van der Waals surface area contributed by atoms with Crippen LogP contribution >= 0.6 is 0 Å². The summed E-state index contributed by atoms with van der Waals surface area (Å²) in [7, 11) is 1.69. The maximum atomic E-state index is 5.43. The van der Waals surface area contributed by atoms with Crippen molar-refractivity contribution >= 4 is 5.65 Å². The molecule has 0 radical (unpaired) electrons. The molecule has 0 N–H and O–H groups in total. The first-order valence-corrected chi connectivity index (χ1v) is 6.28. The highest BCUT2D eigenvalue weighted by molar-refractivity contribution is 5.70. The van der Waals surface area contributed by atoms with Crippen molar-refractivity contribution in [2.45, 2.75) is 13.8 Å². The summed E-state index contributed by atoms with van der Waals surface area (Å²) in [6.07, 6.45) is 4.12. The molecule has 0 spiro atoms. The van der Waals surface area contributed by atoms with E-state index in [1.54, 1.807) is 7.11 Å². The van der Waals surface area contributed by atoms with E-state index in [2.05, 4.69) is 37.2 Å². The summed E-state index contributed by atoms with van der Waals surface area (Å²) in [5.74, 6) is 0.853. The van der Waals surface area contributed by atoms with Crippen LogP contribution in [0.1, 0.15) is 11.1 Å². The van der Waals surface area contributed by atoms with E-state index < -0.39 is 0 Å². The van der Waals surface area contributed by atoms with Gasteiger partial charge in [-0.25, -0.2) is 4.98 Å². The average Bonchev–Trinajstić information content (AvgIpc) is 2.81. The number of rotatable bonds is 2. The van der Waals surface area contributed by atoms with E-state index in [4.69, 9.17) is 4.74 Å². The van der Waals surface area contributed by atoms with E-state index in [9.17, 15) is 0 Å². The number of benzene rings is 1. The third kappa shape index (κ3) is 2.08. The van der Waals surface area contributed by atoms with Gasteiger partial charge in [-0.15, -0.1) is 0 Å². The third-order valence-corrected chi connectivity index (χ3v) is 3.23. The Hall–Kier alpha value is -2.29. The number of aryl methyl sites for hydroxylation is 2. The van der Waals surface area contributed by atoms with E-state index >= 15 is 0 Å². The molecule has 3 nitrogen and oxygen atoms in total. The van der Waals surface area contributed by atoms with E-state index in [1.165, 1.54) is 11.1 Å². The Bertz CT molecular complexity index is 744. The Balaban J connectivity index is 2.21. The van der Waals surface area contributed by atoms with Crippen molar-refractivity contribution in [3.8, 4) is 17.0 Å². The summed E-state index contributed by atoms with van der Waals surface area (Å²) in [4.78, 5) is 4.66. The standard InChI is InChI=1S/C16H16N2O/c1-11-4-6-15(19-3)13(8-11)14-10-18-9-12(2)5-7-16(18)17-14/h4-10H,1-3H3. The second-order valence-electron chi connectivity index (χ2n) is 4.80. The molecular weight excluding hydrogens is 236 g/mol. The fourth-order valence-electron chi connectivity index (χ4n) is 2.25. The van der Waals surface area contributed by atoms with Crippen LogP contribution in [0.5, 0.6) is 5.75 Å². The van der Waals surface area contributed by atoms with Gasteiger partial charge in [-0.3, -0.25) is 0 Å². The zero-order valence-electron chi connectivity index (χ0n) is 11.3. The number of nitrogens with zero attached hydrogens (tertiary/aromatic N) is 2. The number of pyridine rings is 1. The molecule has 3 rings (SSSR count). The van der Waals surface area contributed by atoms with Gasteiger partial charge in [0, 0.05) is 18.0 Å². The van der Waals surface area contributed by atoms with Crippen molar-refractivity contribution in [3.05, 3.63) is 53.9 Å². The molecule has 0 fully saturated rings. The lowest BCUT2D eigenvalue weighted by Gasteiger charge is -2.06. The maximum Gasteiger partial charge on any atom is 0.137 e. The molecule has 2 aromatic heterocycles. The molecule has 0 saturated carbocycles. The summed E-state index contributed by atoms with van der Waals surface area (Å²) in [6, 6.07) is 10.2. The molecule has 0 saturated heterocycles. The van der Waals surface area contributed by atoms with E-state index in [1.807, 2.05) is 28.8 Å². The molecule has 0 bridgehead atoms. The van der Waals surface area contributed by atoms with Gasteiger partial charge >= 0.3 is 0 Å². The Labute approximate surface area is 112 Å². The van der Waals surface area contributed by atoms with Gasteiger partial charge in [-0.05, 0) is 37.6 Å². The van der Waals surface area contributed by atoms with Crippen LogP contribution in [0.15, 0.2) is 42.7 Å². The number of aromatic nitrogens is 2. The van der Waals surface area contributed by atoms with Gasteiger partial charge in [-0.2, -0.15) is 0 Å². The van der Waals surface area contributed by atoms with Gasteiger partial charge in [0.1, 0.15) is 11.4 Å². The molecule has 19 heavy (non-hydrogen) atoms. The number of imidazole rings is 1. The van der Waals surface area contributed by atoms with Crippen molar-refractivity contribution in [1.82, 2.24) is 9.38 Å². The molecule has 2 heterocycles. The number of fused-ring (bicyclic) bond motifs is 1. The second kappa shape index (κ2) is 4.43. The number of ether oxygens (including phenoxy) is 1. The van der Waals surface area contributed by atoms with Crippen molar-refractivity contribution in [2.24, 2.45) is 0 Å². The highest BCUT2D eigenvalue weighted by Gasteiger charge is 2.10. The maximum absolute atomic E-state index is 5.43. The van der Waals surface area contributed by atoms with E-state index in [-0.39, 0.29) is 0 Å². The van der Waals surface area contributed by atoms with Crippen molar-refractivity contribution in [3.63, 3.8) is 0 Å². The summed E-state index contributed by atoms with van der Waals surface area (Å²) >= 11 is 0. The Kier molecular flexibility index (Phi) is 2.75. The van der Waals surface area contributed by atoms with Gasteiger partial charge in [-0.1, -0.05) is 17.7 Å². The first-order valence-electron chi connectivity index (χ1n) is 6.28. The van der Waals surface area contributed by atoms with Gasteiger partial charge in [0.25, 0.3) is 0 Å². The molecule has 3 heteroatoms. The third-order valence-electron chi connectivity index (χ3n) is 3.23. The predicted molar refractivity (Wildman–Crippen MR) is 76.7 cm³/mol. The van der Waals surface area contributed by atoms with E-state index in [0.717, 1.165) is 22.7 Å². The number of hydrogen-bond donors (Lipinski definition) is 0. The summed E-state index contributed by atoms with van der Waals surface area (Å²) in [5, 5.41) is 0. The van der Waals surface area contributed by atoms with Crippen LogP contribution in [-0.2, 0) is 0 Å². The SMILES string of the molecule is COc1ccc(C)cc1-c1cn2cc(C)ccc2n1. The summed E-state index contributed by atoms with van der Waals surface area (Å²) < 4.78 is 7.47. The van der Waals surface area contributed by atoms with Crippen molar-refractivity contribution in [1.29, 1.82) is 0 Å².